The van der Waals surface area contributed by atoms with E-state index in [1.54, 1.807) is 6.92 Å². The number of rotatable bonds is 5. The molecule has 0 unspecified atom stereocenters. The van der Waals surface area contributed by atoms with E-state index in [4.69, 9.17) is 4.74 Å². The smallest absolute Gasteiger partial charge is 0.325 e. The van der Waals surface area contributed by atoms with Gasteiger partial charge in [-0.25, -0.2) is 0 Å². The molecule has 1 aromatic carbocycles. The third kappa shape index (κ3) is 3.70. The van der Waals surface area contributed by atoms with E-state index in [1.165, 1.54) is 4.90 Å². The molecule has 0 spiro atoms. The van der Waals surface area contributed by atoms with Crippen molar-refractivity contribution in [1.29, 1.82) is 0 Å². The molecule has 0 bridgehead atoms. The van der Waals surface area contributed by atoms with Crippen LogP contribution in [0.25, 0.3) is 5.57 Å². The number of piperazine rings is 1. The van der Waals surface area contributed by atoms with Crippen LogP contribution in [0, 0.1) is 0 Å². The van der Waals surface area contributed by atoms with Gasteiger partial charge in [0.25, 0.3) is 0 Å². The molecular formula is C16H20N2O3. The Bertz CT molecular complexity index is 528. The van der Waals surface area contributed by atoms with Crippen LogP contribution >= 0.6 is 0 Å². The summed E-state index contributed by atoms with van der Waals surface area (Å²) in [6.45, 7) is 7.20. The van der Waals surface area contributed by atoms with Crippen LogP contribution in [0.1, 0.15) is 12.5 Å². The Morgan fingerprint density at radius 2 is 2.14 bits per heavy atom. The second-order valence-corrected chi connectivity index (χ2v) is 4.84. The lowest BCUT2D eigenvalue weighted by Crippen LogP contribution is -2.56. The summed E-state index contributed by atoms with van der Waals surface area (Å²) in [7, 11) is 0. The molecule has 1 aliphatic heterocycles. The van der Waals surface area contributed by atoms with Crippen molar-refractivity contribution in [1.82, 2.24) is 10.2 Å². The maximum atomic E-state index is 12.5. The minimum Gasteiger partial charge on any atom is -0.465 e. The van der Waals surface area contributed by atoms with Gasteiger partial charge in [0.1, 0.15) is 12.6 Å². The van der Waals surface area contributed by atoms with Crippen LogP contribution in [0.2, 0.25) is 0 Å². The van der Waals surface area contributed by atoms with Crippen molar-refractivity contribution in [2.24, 2.45) is 0 Å². The van der Waals surface area contributed by atoms with Gasteiger partial charge in [-0.1, -0.05) is 36.9 Å². The Hall–Kier alpha value is -2.14. The van der Waals surface area contributed by atoms with Gasteiger partial charge in [-0.15, -0.1) is 0 Å². The lowest BCUT2D eigenvalue weighted by atomic mass is 9.98. The van der Waals surface area contributed by atoms with Crippen LogP contribution in [0.4, 0.5) is 0 Å². The van der Waals surface area contributed by atoms with Crippen molar-refractivity contribution in [3.63, 3.8) is 0 Å². The fraction of sp³-hybridized carbons (Fsp3) is 0.375. The van der Waals surface area contributed by atoms with E-state index < -0.39 is 6.04 Å². The summed E-state index contributed by atoms with van der Waals surface area (Å²) in [5, 5.41) is 3.16. The van der Waals surface area contributed by atoms with E-state index in [0.717, 1.165) is 5.56 Å². The zero-order valence-corrected chi connectivity index (χ0v) is 12.2. The summed E-state index contributed by atoms with van der Waals surface area (Å²) in [6, 6.07) is 9.08. The van der Waals surface area contributed by atoms with Crippen molar-refractivity contribution < 1.29 is 14.3 Å². The van der Waals surface area contributed by atoms with Crippen molar-refractivity contribution >= 4 is 17.4 Å². The molecule has 1 heterocycles. The quantitative estimate of drug-likeness (QED) is 0.823. The minimum absolute atomic E-state index is 0.00702. The second-order valence-electron chi connectivity index (χ2n) is 4.84. The third-order valence-corrected chi connectivity index (χ3v) is 3.41. The largest absolute Gasteiger partial charge is 0.465 e. The molecule has 0 saturated carbocycles. The molecule has 5 nitrogen and oxygen atoms in total. The maximum Gasteiger partial charge on any atom is 0.325 e. The Kier molecular flexibility index (Phi) is 5.11. The molecule has 5 heteroatoms. The molecule has 0 aromatic heterocycles. The predicted octanol–water partition coefficient (Wildman–Crippen LogP) is 1.06. The number of carbonyl (C=O) groups is 2. The lowest BCUT2D eigenvalue weighted by Gasteiger charge is -2.33. The summed E-state index contributed by atoms with van der Waals surface area (Å²) >= 11 is 0. The molecule has 1 aromatic rings. The number of esters is 1. The van der Waals surface area contributed by atoms with Gasteiger partial charge in [-0.3, -0.25) is 9.59 Å². The van der Waals surface area contributed by atoms with Crippen molar-refractivity contribution in [3.8, 4) is 0 Å². The van der Waals surface area contributed by atoms with Gasteiger partial charge in [-0.2, -0.15) is 0 Å². The minimum atomic E-state index is -0.490. The maximum absolute atomic E-state index is 12.5. The molecule has 0 aliphatic carbocycles. The van der Waals surface area contributed by atoms with Crippen molar-refractivity contribution in [3.05, 3.63) is 42.5 Å². The molecule has 1 N–H and O–H groups in total. The Labute approximate surface area is 124 Å². The number of benzene rings is 1. The van der Waals surface area contributed by atoms with E-state index in [-0.39, 0.29) is 18.4 Å². The molecule has 112 valence electrons. The number of hydrogen-bond donors (Lipinski definition) is 1. The topological polar surface area (TPSA) is 58.6 Å². The lowest BCUT2D eigenvalue weighted by molar-refractivity contribution is -0.150. The highest BCUT2D eigenvalue weighted by atomic mass is 16.5. The monoisotopic (exact) mass is 288 g/mol. The van der Waals surface area contributed by atoms with Crippen molar-refractivity contribution in [2.45, 2.75) is 13.0 Å². The average Bonchev–Trinajstić information content (AvgIpc) is 2.50. The van der Waals surface area contributed by atoms with Crippen molar-refractivity contribution in [2.75, 3.05) is 26.2 Å². The molecule has 1 aliphatic rings. The summed E-state index contributed by atoms with van der Waals surface area (Å²) in [5.74, 6) is -0.514. The molecule has 2 rings (SSSR count). The van der Waals surface area contributed by atoms with Crippen LogP contribution in [0.3, 0.4) is 0 Å². The van der Waals surface area contributed by atoms with Gasteiger partial charge >= 0.3 is 5.97 Å². The average molecular weight is 288 g/mol. The van der Waals surface area contributed by atoms with Gasteiger partial charge < -0.3 is 15.0 Å². The van der Waals surface area contributed by atoms with Crippen LogP contribution < -0.4 is 5.32 Å². The van der Waals surface area contributed by atoms with Gasteiger partial charge in [0.2, 0.25) is 5.91 Å². The predicted molar refractivity (Wildman–Crippen MR) is 80.5 cm³/mol. The number of nitrogens with one attached hydrogen (secondary N) is 1. The zero-order chi connectivity index (χ0) is 15.2. The first-order chi connectivity index (χ1) is 10.1. The number of hydrogen-bond acceptors (Lipinski definition) is 4. The van der Waals surface area contributed by atoms with E-state index >= 15 is 0 Å². The highest BCUT2D eigenvalue weighted by Crippen LogP contribution is 2.19. The molecule has 1 saturated heterocycles. The first-order valence-electron chi connectivity index (χ1n) is 7.05. The van der Waals surface area contributed by atoms with Crippen LogP contribution in [0.5, 0.6) is 0 Å². The normalized spacial score (nSPS) is 18.4. The van der Waals surface area contributed by atoms with Gasteiger partial charge in [0.15, 0.2) is 0 Å². The van der Waals surface area contributed by atoms with Crippen LogP contribution in [-0.4, -0.2) is 49.1 Å². The summed E-state index contributed by atoms with van der Waals surface area (Å²) in [5.41, 5.74) is 1.63. The summed E-state index contributed by atoms with van der Waals surface area (Å²) in [6.07, 6.45) is 0. The fourth-order valence-corrected chi connectivity index (χ4v) is 2.33. The zero-order valence-electron chi connectivity index (χ0n) is 12.2. The van der Waals surface area contributed by atoms with Crippen LogP contribution in [0.15, 0.2) is 36.9 Å². The first kappa shape index (κ1) is 15.3. The number of carbonyl (C=O) groups excluding carboxylic acids is 2. The fourth-order valence-electron chi connectivity index (χ4n) is 2.33. The standard InChI is InChI=1S/C16H20N2O3/c1-3-21-14(19)11-18-10-9-17-15(16(18)20)12(2)13-7-5-4-6-8-13/h4-8,15,17H,2-3,9-11H2,1H3/t15-/m0/s1. The number of nitrogens with zero attached hydrogens (tertiary/aromatic N) is 1. The molecule has 1 fully saturated rings. The Balaban J connectivity index is 2.06. The number of amides is 1. The number of ether oxygens (including phenoxy) is 1. The molecule has 21 heavy (non-hydrogen) atoms. The van der Waals surface area contributed by atoms with E-state index in [2.05, 4.69) is 11.9 Å². The molecule has 1 atom stereocenters. The summed E-state index contributed by atoms with van der Waals surface area (Å²) < 4.78 is 4.90. The first-order valence-corrected chi connectivity index (χ1v) is 7.05. The Morgan fingerprint density at radius 3 is 2.81 bits per heavy atom. The van der Waals surface area contributed by atoms with Crippen LogP contribution in [-0.2, 0) is 14.3 Å². The highest BCUT2D eigenvalue weighted by molar-refractivity contribution is 5.97. The van der Waals surface area contributed by atoms with Gasteiger partial charge in [0.05, 0.1) is 6.61 Å². The second kappa shape index (κ2) is 7.04. The summed E-state index contributed by atoms with van der Waals surface area (Å²) in [4.78, 5) is 25.5. The van der Waals surface area contributed by atoms with E-state index in [9.17, 15) is 9.59 Å². The third-order valence-electron chi connectivity index (χ3n) is 3.41. The molecule has 0 radical (unpaired) electrons. The van der Waals surface area contributed by atoms with Gasteiger partial charge in [0, 0.05) is 13.1 Å². The SMILES string of the molecule is C=C(c1ccccc1)[C@@H]1NCCN(CC(=O)OCC)C1=O. The molecule has 1 amide bonds. The highest BCUT2D eigenvalue weighted by Gasteiger charge is 2.31. The molecular weight excluding hydrogens is 268 g/mol. The van der Waals surface area contributed by atoms with E-state index in [0.29, 0.717) is 25.3 Å². The Morgan fingerprint density at radius 1 is 1.43 bits per heavy atom. The van der Waals surface area contributed by atoms with E-state index in [1.807, 2.05) is 30.3 Å². The van der Waals surface area contributed by atoms with Gasteiger partial charge in [-0.05, 0) is 18.1 Å².